The minimum Gasteiger partial charge on any atom is -0.474 e. The van der Waals surface area contributed by atoms with E-state index >= 15 is 0 Å². The molecule has 0 radical (unpaired) electrons. The van der Waals surface area contributed by atoms with Crippen molar-refractivity contribution in [2.45, 2.75) is 75.8 Å². The van der Waals surface area contributed by atoms with E-state index in [4.69, 9.17) is 9.47 Å². The van der Waals surface area contributed by atoms with Crippen LogP contribution in [0.2, 0.25) is 0 Å². The molecular formula is C17H26N2O7. The summed E-state index contributed by atoms with van der Waals surface area (Å²) in [5.41, 5.74) is 0.0327. The minimum absolute atomic E-state index is 0.0332. The summed E-state index contributed by atoms with van der Waals surface area (Å²) in [6.07, 6.45) is -0.694. The molecule has 0 bridgehead atoms. The van der Waals surface area contributed by atoms with E-state index in [2.05, 4.69) is 11.9 Å². The van der Waals surface area contributed by atoms with Gasteiger partial charge in [0.15, 0.2) is 6.23 Å². The van der Waals surface area contributed by atoms with Crippen molar-refractivity contribution in [1.29, 1.82) is 0 Å². The fourth-order valence-electron chi connectivity index (χ4n) is 3.46. The Kier molecular flexibility index (Phi) is 5.93. The van der Waals surface area contributed by atoms with Gasteiger partial charge in [-0.25, -0.2) is 4.79 Å². The monoisotopic (exact) mass is 370 g/mol. The van der Waals surface area contributed by atoms with Crippen LogP contribution in [0.5, 0.6) is 5.88 Å². The van der Waals surface area contributed by atoms with Crippen molar-refractivity contribution in [2.24, 2.45) is 0 Å². The van der Waals surface area contributed by atoms with Gasteiger partial charge in [0.25, 0.3) is 0 Å². The van der Waals surface area contributed by atoms with E-state index in [1.807, 2.05) is 0 Å². The Hall–Kier alpha value is -1.52. The number of nitrogens with zero attached hydrogens (tertiary/aromatic N) is 2. The average molecular weight is 370 g/mol. The van der Waals surface area contributed by atoms with Gasteiger partial charge in [-0.05, 0) is 12.8 Å². The van der Waals surface area contributed by atoms with E-state index in [1.165, 1.54) is 6.20 Å². The standard InChI is InChI=1S/C17H26N2O7/c1-2-3-4-5-10-6-9-7-19(17(24)18-15(9)25-10)16-14(23)13(22)12(21)11(8-20)26-16/h7,10-14,16,20-23H,2-6,8H2,1H3/t10?,11-,12-,13+,14-,16-/m1/s1. The Labute approximate surface area is 150 Å². The zero-order valence-corrected chi connectivity index (χ0v) is 14.7. The largest absolute Gasteiger partial charge is 0.474 e. The van der Waals surface area contributed by atoms with Crippen molar-refractivity contribution < 1.29 is 29.9 Å². The first-order valence-corrected chi connectivity index (χ1v) is 9.05. The fraction of sp³-hybridized carbons (Fsp3) is 0.765. The molecule has 6 atom stereocenters. The lowest BCUT2D eigenvalue weighted by Gasteiger charge is -2.40. The third-order valence-corrected chi connectivity index (χ3v) is 4.98. The van der Waals surface area contributed by atoms with Crippen LogP contribution in [0.15, 0.2) is 11.0 Å². The van der Waals surface area contributed by atoms with E-state index in [-0.39, 0.29) is 12.0 Å². The number of hydrogen-bond acceptors (Lipinski definition) is 8. The first kappa shape index (κ1) is 19.2. The number of rotatable bonds is 6. The Morgan fingerprint density at radius 3 is 2.69 bits per heavy atom. The van der Waals surface area contributed by atoms with Crippen LogP contribution in [-0.2, 0) is 11.2 Å². The molecule has 2 aliphatic heterocycles. The molecule has 3 heterocycles. The summed E-state index contributed by atoms with van der Waals surface area (Å²) in [6, 6.07) is 0. The molecule has 1 unspecified atom stereocenters. The number of hydrogen-bond donors (Lipinski definition) is 4. The Morgan fingerprint density at radius 1 is 1.23 bits per heavy atom. The maximum Gasteiger partial charge on any atom is 0.353 e. The summed E-state index contributed by atoms with van der Waals surface area (Å²) < 4.78 is 12.2. The normalized spacial score (nSPS) is 33.7. The van der Waals surface area contributed by atoms with Crippen molar-refractivity contribution in [3.63, 3.8) is 0 Å². The lowest BCUT2D eigenvalue weighted by molar-refractivity contribution is -0.252. The number of ether oxygens (including phenoxy) is 2. The van der Waals surface area contributed by atoms with Gasteiger partial charge in [0, 0.05) is 18.2 Å². The summed E-state index contributed by atoms with van der Waals surface area (Å²) in [7, 11) is 0. The molecule has 1 aromatic rings. The highest BCUT2D eigenvalue weighted by Gasteiger charge is 2.45. The van der Waals surface area contributed by atoms with Crippen LogP contribution in [0.4, 0.5) is 0 Å². The quantitative estimate of drug-likeness (QED) is 0.473. The van der Waals surface area contributed by atoms with Gasteiger partial charge in [0.2, 0.25) is 5.88 Å². The third kappa shape index (κ3) is 3.63. The van der Waals surface area contributed by atoms with E-state index in [9.17, 15) is 25.2 Å². The number of aliphatic hydroxyl groups is 4. The molecule has 1 aromatic heterocycles. The fourth-order valence-corrected chi connectivity index (χ4v) is 3.46. The Balaban J connectivity index is 1.80. The summed E-state index contributed by atoms with van der Waals surface area (Å²) in [5.74, 6) is 0.289. The third-order valence-electron chi connectivity index (χ3n) is 4.98. The van der Waals surface area contributed by atoms with Gasteiger partial charge in [-0.3, -0.25) is 4.57 Å². The van der Waals surface area contributed by atoms with Gasteiger partial charge in [-0.15, -0.1) is 0 Å². The van der Waals surface area contributed by atoms with Crippen LogP contribution in [0.25, 0.3) is 0 Å². The van der Waals surface area contributed by atoms with Crippen molar-refractivity contribution in [3.8, 4) is 5.88 Å². The highest BCUT2D eigenvalue weighted by atomic mass is 16.6. The summed E-state index contributed by atoms with van der Waals surface area (Å²) in [4.78, 5) is 16.3. The topological polar surface area (TPSA) is 134 Å². The number of unbranched alkanes of at least 4 members (excludes halogenated alkanes) is 2. The van der Waals surface area contributed by atoms with Crippen LogP contribution in [0, 0.1) is 0 Å². The van der Waals surface area contributed by atoms with E-state index in [0.717, 1.165) is 35.8 Å². The maximum atomic E-state index is 12.3. The molecule has 0 aliphatic carbocycles. The highest BCUT2D eigenvalue weighted by molar-refractivity contribution is 5.28. The summed E-state index contributed by atoms with van der Waals surface area (Å²) >= 11 is 0. The van der Waals surface area contributed by atoms with Gasteiger partial charge in [-0.2, -0.15) is 4.98 Å². The van der Waals surface area contributed by atoms with Crippen LogP contribution in [-0.4, -0.2) is 67.1 Å². The second kappa shape index (κ2) is 8.01. The molecule has 1 fully saturated rings. The van der Waals surface area contributed by atoms with E-state index in [0.29, 0.717) is 6.42 Å². The zero-order chi connectivity index (χ0) is 18.8. The number of fused-ring (bicyclic) bond motifs is 1. The van der Waals surface area contributed by atoms with Gasteiger partial charge < -0.3 is 29.9 Å². The first-order chi connectivity index (χ1) is 12.5. The van der Waals surface area contributed by atoms with E-state index in [1.54, 1.807) is 0 Å². The molecule has 4 N–H and O–H groups in total. The average Bonchev–Trinajstić information content (AvgIpc) is 3.01. The van der Waals surface area contributed by atoms with E-state index < -0.39 is 42.9 Å². The molecule has 0 amide bonds. The molecule has 9 heteroatoms. The van der Waals surface area contributed by atoms with Gasteiger partial charge in [-0.1, -0.05) is 19.8 Å². The molecule has 0 spiro atoms. The molecule has 1 saturated heterocycles. The molecule has 2 aliphatic rings. The van der Waals surface area contributed by atoms with Crippen molar-refractivity contribution >= 4 is 0 Å². The first-order valence-electron chi connectivity index (χ1n) is 9.05. The zero-order valence-electron chi connectivity index (χ0n) is 14.7. The smallest absolute Gasteiger partial charge is 0.353 e. The predicted molar refractivity (Wildman–Crippen MR) is 89.8 cm³/mol. The van der Waals surface area contributed by atoms with Crippen molar-refractivity contribution in [3.05, 3.63) is 22.2 Å². The number of aliphatic hydroxyl groups excluding tert-OH is 4. The van der Waals surface area contributed by atoms with Crippen LogP contribution < -0.4 is 10.4 Å². The second-order valence-corrected chi connectivity index (χ2v) is 6.92. The van der Waals surface area contributed by atoms with Crippen LogP contribution in [0.1, 0.15) is 44.4 Å². The van der Waals surface area contributed by atoms with Crippen LogP contribution in [0.3, 0.4) is 0 Å². The molecular weight excluding hydrogens is 344 g/mol. The van der Waals surface area contributed by atoms with Crippen molar-refractivity contribution in [2.75, 3.05) is 6.61 Å². The maximum absolute atomic E-state index is 12.3. The predicted octanol–water partition coefficient (Wildman–Crippen LogP) is -0.900. The van der Waals surface area contributed by atoms with Crippen molar-refractivity contribution in [1.82, 2.24) is 9.55 Å². The molecule has 146 valence electrons. The minimum atomic E-state index is -1.55. The Bertz CT molecular complexity index is 678. The van der Waals surface area contributed by atoms with Gasteiger partial charge in [0.05, 0.1) is 6.61 Å². The Morgan fingerprint density at radius 2 is 2.00 bits per heavy atom. The second-order valence-electron chi connectivity index (χ2n) is 6.92. The molecule has 26 heavy (non-hydrogen) atoms. The number of aromatic nitrogens is 2. The van der Waals surface area contributed by atoms with Gasteiger partial charge >= 0.3 is 5.69 Å². The van der Waals surface area contributed by atoms with Crippen LogP contribution >= 0.6 is 0 Å². The molecule has 0 saturated carbocycles. The molecule has 9 nitrogen and oxygen atoms in total. The SMILES string of the molecule is CCCCCC1Cc2cn([C@@H]3O[C@H](CO)[C@@H](O)[C@H](O)[C@H]3O)c(=O)nc2O1. The van der Waals surface area contributed by atoms with Gasteiger partial charge in [0.1, 0.15) is 30.5 Å². The molecule has 0 aromatic carbocycles. The lowest BCUT2D eigenvalue weighted by Crippen LogP contribution is -2.57. The summed E-state index contributed by atoms with van der Waals surface area (Å²) in [6.45, 7) is 1.57. The summed E-state index contributed by atoms with van der Waals surface area (Å²) in [5, 5.41) is 39.3. The molecule has 3 rings (SSSR count). The highest BCUT2D eigenvalue weighted by Crippen LogP contribution is 2.31. The lowest BCUT2D eigenvalue weighted by atomic mass is 9.98.